The lowest BCUT2D eigenvalue weighted by atomic mass is 10.3. The van der Waals surface area contributed by atoms with E-state index in [-0.39, 0.29) is 10.7 Å². The third-order valence-electron chi connectivity index (χ3n) is 2.21. The summed E-state index contributed by atoms with van der Waals surface area (Å²) in [7, 11) is 0. The fraction of sp³-hybridized carbons (Fsp3) is 0. The van der Waals surface area contributed by atoms with Gasteiger partial charge in [0.2, 0.25) is 0 Å². The Balaban J connectivity index is 2.05. The van der Waals surface area contributed by atoms with Gasteiger partial charge >= 0.3 is 6.03 Å². The molecule has 2 aromatic rings. The molecule has 2 rings (SSSR count). The molecule has 0 spiro atoms. The topological polar surface area (TPSA) is 41.1 Å². The highest BCUT2D eigenvalue weighted by Gasteiger charge is 2.06. The second-order valence-corrected chi connectivity index (χ2v) is 3.98. The van der Waals surface area contributed by atoms with E-state index < -0.39 is 11.8 Å². The summed E-state index contributed by atoms with van der Waals surface area (Å²) in [6.45, 7) is 0. The Morgan fingerprint density at radius 3 is 2.50 bits per heavy atom. The summed E-state index contributed by atoms with van der Waals surface area (Å²) in [4.78, 5) is 11.6. The first-order chi connectivity index (χ1) is 8.65. The number of carbonyl (C=O) groups is 1. The molecule has 0 saturated carbocycles. The number of nitrogens with one attached hydrogen (secondary N) is 2. The predicted octanol–water partition coefficient (Wildman–Crippen LogP) is 4.12. The van der Waals surface area contributed by atoms with E-state index in [2.05, 4.69) is 10.6 Å². The minimum absolute atomic E-state index is 0.227. The van der Waals surface area contributed by atoms with Crippen LogP contribution in [0.25, 0.3) is 0 Å². The maximum atomic E-state index is 13.0. The summed E-state index contributed by atoms with van der Waals surface area (Å²) < 4.78 is 13.0. The van der Waals surface area contributed by atoms with E-state index in [1.54, 1.807) is 24.3 Å². The van der Waals surface area contributed by atoms with E-state index in [0.717, 1.165) is 6.07 Å². The Kier molecular flexibility index (Phi) is 3.79. The molecule has 0 atom stereocenters. The van der Waals surface area contributed by atoms with Gasteiger partial charge in [-0.25, -0.2) is 9.18 Å². The van der Waals surface area contributed by atoms with Crippen molar-refractivity contribution < 1.29 is 9.18 Å². The molecule has 2 aromatic carbocycles. The van der Waals surface area contributed by atoms with Crippen molar-refractivity contribution in [3.63, 3.8) is 0 Å². The summed E-state index contributed by atoms with van der Waals surface area (Å²) in [5, 5.41) is 5.36. The number of hydrogen-bond acceptors (Lipinski definition) is 1. The SMILES string of the molecule is O=C(Nc1ccccc1)Nc1cc(F)ccc1Cl. The summed E-state index contributed by atoms with van der Waals surface area (Å²) in [5.74, 6) is -0.464. The summed E-state index contributed by atoms with van der Waals surface area (Å²) in [6, 6.07) is 12.2. The molecule has 18 heavy (non-hydrogen) atoms. The molecule has 0 heterocycles. The summed E-state index contributed by atoms with van der Waals surface area (Å²) >= 11 is 5.83. The molecule has 0 saturated heterocycles. The molecule has 0 aromatic heterocycles. The van der Waals surface area contributed by atoms with Crippen LogP contribution in [0, 0.1) is 5.82 Å². The van der Waals surface area contributed by atoms with Gasteiger partial charge < -0.3 is 10.6 Å². The van der Waals surface area contributed by atoms with Gasteiger partial charge in [0, 0.05) is 5.69 Å². The minimum atomic E-state index is -0.478. The van der Waals surface area contributed by atoms with Crippen LogP contribution in [0.2, 0.25) is 5.02 Å². The number of rotatable bonds is 2. The summed E-state index contributed by atoms with van der Waals surface area (Å²) in [5.41, 5.74) is 0.868. The fourth-order valence-electron chi connectivity index (χ4n) is 1.40. The first-order valence-electron chi connectivity index (χ1n) is 5.23. The van der Waals surface area contributed by atoms with Crippen molar-refractivity contribution in [3.8, 4) is 0 Å². The molecule has 0 bridgehead atoms. The van der Waals surface area contributed by atoms with Crippen molar-refractivity contribution >= 4 is 29.0 Å². The highest BCUT2D eigenvalue weighted by Crippen LogP contribution is 2.22. The first kappa shape index (κ1) is 12.4. The fourth-order valence-corrected chi connectivity index (χ4v) is 1.56. The number of benzene rings is 2. The molecule has 2 amide bonds. The van der Waals surface area contributed by atoms with E-state index in [1.165, 1.54) is 12.1 Å². The van der Waals surface area contributed by atoms with Crippen LogP contribution in [-0.2, 0) is 0 Å². The van der Waals surface area contributed by atoms with Gasteiger partial charge in [0.05, 0.1) is 10.7 Å². The molecule has 5 heteroatoms. The lowest BCUT2D eigenvalue weighted by Gasteiger charge is -2.08. The van der Waals surface area contributed by atoms with Crippen molar-refractivity contribution in [2.45, 2.75) is 0 Å². The predicted molar refractivity (Wildman–Crippen MR) is 70.5 cm³/mol. The molecule has 3 nitrogen and oxygen atoms in total. The van der Waals surface area contributed by atoms with Crippen molar-refractivity contribution in [1.82, 2.24) is 0 Å². The van der Waals surface area contributed by atoms with E-state index >= 15 is 0 Å². The lowest BCUT2D eigenvalue weighted by molar-refractivity contribution is 0.262. The Hall–Kier alpha value is -2.07. The molecular weight excluding hydrogens is 255 g/mol. The highest BCUT2D eigenvalue weighted by atomic mass is 35.5. The van der Waals surface area contributed by atoms with Crippen LogP contribution in [0.1, 0.15) is 0 Å². The normalized spacial score (nSPS) is 9.89. The smallest absolute Gasteiger partial charge is 0.308 e. The van der Waals surface area contributed by atoms with Crippen molar-refractivity contribution in [1.29, 1.82) is 0 Å². The average Bonchev–Trinajstić information content (AvgIpc) is 2.35. The molecule has 0 aliphatic rings. The molecule has 0 radical (unpaired) electrons. The Bertz CT molecular complexity index is 560. The number of anilines is 2. The zero-order chi connectivity index (χ0) is 13.0. The highest BCUT2D eigenvalue weighted by molar-refractivity contribution is 6.33. The second kappa shape index (κ2) is 5.51. The standard InChI is InChI=1S/C13H10ClFN2O/c14-11-7-6-9(15)8-12(11)17-13(18)16-10-4-2-1-3-5-10/h1-8H,(H2,16,17,18). The number of hydrogen-bond donors (Lipinski definition) is 2. The van der Waals surface area contributed by atoms with Crippen molar-refractivity contribution in [3.05, 3.63) is 59.4 Å². The van der Waals surface area contributed by atoms with E-state index in [1.807, 2.05) is 6.07 Å². The van der Waals surface area contributed by atoms with Crippen LogP contribution in [0.5, 0.6) is 0 Å². The van der Waals surface area contributed by atoms with Crippen LogP contribution in [0.4, 0.5) is 20.6 Å². The van der Waals surface area contributed by atoms with Crippen LogP contribution in [0.15, 0.2) is 48.5 Å². The average molecular weight is 265 g/mol. The quantitative estimate of drug-likeness (QED) is 0.841. The van der Waals surface area contributed by atoms with Crippen LogP contribution in [-0.4, -0.2) is 6.03 Å². The van der Waals surface area contributed by atoms with Crippen LogP contribution in [0.3, 0.4) is 0 Å². The number of urea groups is 1. The van der Waals surface area contributed by atoms with Gasteiger partial charge in [0.1, 0.15) is 5.82 Å². The van der Waals surface area contributed by atoms with E-state index in [4.69, 9.17) is 11.6 Å². The van der Waals surface area contributed by atoms with Crippen LogP contribution >= 0.6 is 11.6 Å². The summed E-state index contributed by atoms with van der Waals surface area (Å²) in [6.07, 6.45) is 0. The zero-order valence-corrected chi connectivity index (χ0v) is 10.0. The molecule has 0 unspecified atom stereocenters. The number of halogens is 2. The van der Waals surface area contributed by atoms with Gasteiger partial charge in [-0.3, -0.25) is 0 Å². The maximum Gasteiger partial charge on any atom is 0.323 e. The van der Waals surface area contributed by atoms with Crippen molar-refractivity contribution in [2.24, 2.45) is 0 Å². The number of carbonyl (C=O) groups excluding carboxylic acids is 1. The van der Waals surface area contributed by atoms with Crippen molar-refractivity contribution in [2.75, 3.05) is 10.6 Å². The molecular formula is C13H10ClFN2O. The molecule has 0 aliphatic heterocycles. The first-order valence-corrected chi connectivity index (χ1v) is 5.61. The van der Waals surface area contributed by atoms with Gasteiger partial charge in [-0.05, 0) is 30.3 Å². The molecule has 92 valence electrons. The minimum Gasteiger partial charge on any atom is -0.308 e. The molecule has 0 fully saturated rings. The number of amides is 2. The van der Waals surface area contributed by atoms with Crippen LogP contribution < -0.4 is 10.6 Å². The van der Waals surface area contributed by atoms with E-state index in [0.29, 0.717) is 5.69 Å². The zero-order valence-electron chi connectivity index (χ0n) is 9.28. The van der Waals surface area contributed by atoms with Gasteiger partial charge in [-0.15, -0.1) is 0 Å². The molecule has 0 aliphatic carbocycles. The Morgan fingerprint density at radius 1 is 1.06 bits per heavy atom. The number of para-hydroxylation sites is 1. The van der Waals surface area contributed by atoms with Gasteiger partial charge in [0.25, 0.3) is 0 Å². The third kappa shape index (κ3) is 3.21. The Morgan fingerprint density at radius 2 is 1.78 bits per heavy atom. The molecule has 2 N–H and O–H groups in total. The van der Waals surface area contributed by atoms with Gasteiger partial charge in [-0.2, -0.15) is 0 Å². The monoisotopic (exact) mass is 264 g/mol. The van der Waals surface area contributed by atoms with E-state index in [9.17, 15) is 9.18 Å². The maximum absolute atomic E-state index is 13.0. The van der Waals surface area contributed by atoms with Gasteiger partial charge in [-0.1, -0.05) is 29.8 Å². The largest absolute Gasteiger partial charge is 0.323 e. The lowest BCUT2D eigenvalue weighted by Crippen LogP contribution is -2.19. The second-order valence-electron chi connectivity index (χ2n) is 3.57. The third-order valence-corrected chi connectivity index (χ3v) is 2.54. The Labute approximate surface area is 109 Å². The van der Waals surface area contributed by atoms with Gasteiger partial charge in [0.15, 0.2) is 0 Å².